The molecule has 0 radical (unpaired) electrons. The minimum absolute atomic E-state index is 0.867. The molecular weight excluding hydrogens is 280 g/mol. The maximum absolute atomic E-state index is 5.75. The van der Waals surface area contributed by atoms with E-state index in [2.05, 4.69) is 13.8 Å². The highest BCUT2D eigenvalue weighted by Gasteiger charge is 2.24. The van der Waals surface area contributed by atoms with Gasteiger partial charge in [0.1, 0.15) is 0 Å². The standard InChI is InChI=1S/C22H42O/c1-3-5-6-19-7-9-20(10-8-19)11-12-21-13-15-22(16-14-21)18-23-17-4-2/h19-22H,3-18H2,1-2H3/t19-,20-,21-,22-. The number of rotatable bonds is 10. The number of hydrogen-bond donors (Lipinski definition) is 0. The van der Waals surface area contributed by atoms with Gasteiger partial charge in [-0.2, -0.15) is 0 Å². The second-order valence-corrected chi connectivity index (χ2v) is 8.57. The van der Waals surface area contributed by atoms with Crippen molar-refractivity contribution in [1.29, 1.82) is 0 Å². The summed E-state index contributed by atoms with van der Waals surface area (Å²) in [6.45, 7) is 6.52. The summed E-state index contributed by atoms with van der Waals surface area (Å²) in [5.74, 6) is 4.05. The van der Waals surface area contributed by atoms with Crippen LogP contribution in [0.3, 0.4) is 0 Å². The largest absolute Gasteiger partial charge is 0.381 e. The fourth-order valence-electron chi connectivity index (χ4n) is 4.85. The van der Waals surface area contributed by atoms with Crippen molar-refractivity contribution in [1.82, 2.24) is 0 Å². The Hall–Kier alpha value is -0.0400. The lowest BCUT2D eigenvalue weighted by atomic mass is 9.75. The van der Waals surface area contributed by atoms with Gasteiger partial charge >= 0.3 is 0 Å². The first-order valence-corrected chi connectivity index (χ1v) is 10.9. The summed E-state index contributed by atoms with van der Waals surface area (Å²) < 4.78 is 5.75. The van der Waals surface area contributed by atoms with Crippen LogP contribution in [0.1, 0.15) is 104 Å². The zero-order valence-corrected chi connectivity index (χ0v) is 16.0. The van der Waals surface area contributed by atoms with E-state index in [1.54, 1.807) is 0 Å². The van der Waals surface area contributed by atoms with Crippen molar-refractivity contribution in [3.05, 3.63) is 0 Å². The molecule has 2 fully saturated rings. The molecule has 0 aromatic heterocycles. The molecule has 23 heavy (non-hydrogen) atoms. The molecule has 2 aliphatic carbocycles. The van der Waals surface area contributed by atoms with Crippen molar-refractivity contribution in [2.45, 2.75) is 104 Å². The van der Waals surface area contributed by atoms with Crippen molar-refractivity contribution in [3.8, 4) is 0 Å². The number of hydrogen-bond acceptors (Lipinski definition) is 1. The molecule has 0 aromatic carbocycles. The first kappa shape index (κ1) is 19.3. The molecule has 0 spiro atoms. The van der Waals surface area contributed by atoms with Crippen molar-refractivity contribution in [3.63, 3.8) is 0 Å². The fraction of sp³-hybridized carbons (Fsp3) is 1.00. The average molecular weight is 323 g/mol. The average Bonchev–Trinajstić information content (AvgIpc) is 2.60. The van der Waals surface area contributed by atoms with Crippen LogP contribution in [-0.4, -0.2) is 13.2 Å². The Morgan fingerprint density at radius 3 is 1.57 bits per heavy atom. The quantitative estimate of drug-likeness (QED) is 0.393. The molecule has 1 nitrogen and oxygen atoms in total. The van der Waals surface area contributed by atoms with Gasteiger partial charge < -0.3 is 4.74 Å². The van der Waals surface area contributed by atoms with Crippen molar-refractivity contribution in [2.24, 2.45) is 23.7 Å². The molecule has 0 aromatic rings. The Bertz CT molecular complexity index is 272. The maximum Gasteiger partial charge on any atom is 0.0494 e. The summed E-state index contributed by atoms with van der Waals surface area (Å²) >= 11 is 0. The zero-order chi connectivity index (χ0) is 16.3. The SMILES string of the molecule is CCCC[C@H]1CC[C@H](CC[C@H]2CC[C@H](COCCC)CC2)CC1. The van der Waals surface area contributed by atoms with Crippen LogP contribution >= 0.6 is 0 Å². The highest BCUT2D eigenvalue weighted by molar-refractivity contribution is 4.76. The highest BCUT2D eigenvalue weighted by Crippen LogP contribution is 2.37. The summed E-state index contributed by atoms with van der Waals surface area (Å²) in [4.78, 5) is 0. The van der Waals surface area contributed by atoms with E-state index in [-0.39, 0.29) is 0 Å². The summed E-state index contributed by atoms with van der Waals surface area (Å²) in [5.41, 5.74) is 0. The lowest BCUT2D eigenvalue weighted by Crippen LogP contribution is -2.20. The molecule has 1 heteroatoms. The second-order valence-electron chi connectivity index (χ2n) is 8.57. The summed E-state index contributed by atoms with van der Waals surface area (Å²) in [5, 5.41) is 0. The van der Waals surface area contributed by atoms with E-state index in [4.69, 9.17) is 4.74 Å². The molecule has 0 unspecified atom stereocenters. The van der Waals surface area contributed by atoms with Crippen LogP contribution in [-0.2, 0) is 4.74 Å². The van der Waals surface area contributed by atoms with Crippen LogP contribution in [0.4, 0.5) is 0 Å². The van der Waals surface area contributed by atoms with Gasteiger partial charge in [-0.05, 0) is 42.9 Å². The monoisotopic (exact) mass is 322 g/mol. The Kier molecular flexibility index (Phi) is 9.65. The van der Waals surface area contributed by atoms with Gasteiger partial charge in [0, 0.05) is 13.2 Å². The van der Waals surface area contributed by atoms with Gasteiger partial charge in [0.05, 0.1) is 0 Å². The van der Waals surface area contributed by atoms with E-state index in [1.807, 2.05) is 0 Å². The molecule has 0 atom stereocenters. The predicted molar refractivity (Wildman–Crippen MR) is 101 cm³/mol. The second kappa shape index (κ2) is 11.5. The first-order valence-electron chi connectivity index (χ1n) is 10.9. The third-order valence-electron chi connectivity index (χ3n) is 6.58. The minimum Gasteiger partial charge on any atom is -0.381 e. The highest BCUT2D eigenvalue weighted by atomic mass is 16.5. The minimum atomic E-state index is 0.867. The molecular formula is C22H42O. The van der Waals surface area contributed by atoms with E-state index in [1.165, 1.54) is 83.5 Å². The Morgan fingerprint density at radius 1 is 0.609 bits per heavy atom. The van der Waals surface area contributed by atoms with Crippen LogP contribution in [0.15, 0.2) is 0 Å². The number of unbranched alkanes of at least 4 members (excludes halogenated alkanes) is 1. The fourth-order valence-corrected chi connectivity index (χ4v) is 4.85. The molecule has 136 valence electrons. The Balaban J connectivity index is 1.51. The van der Waals surface area contributed by atoms with Gasteiger partial charge in [-0.3, -0.25) is 0 Å². The Morgan fingerprint density at radius 2 is 1.09 bits per heavy atom. The molecule has 2 aliphatic rings. The third kappa shape index (κ3) is 7.59. The van der Waals surface area contributed by atoms with Crippen molar-refractivity contribution >= 4 is 0 Å². The van der Waals surface area contributed by atoms with Gasteiger partial charge in [-0.15, -0.1) is 0 Å². The molecule has 0 N–H and O–H groups in total. The van der Waals surface area contributed by atoms with E-state index >= 15 is 0 Å². The lowest BCUT2D eigenvalue weighted by Gasteiger charge is -2.32. The maximum atomic E-state index is 5.75. The molecule has 2 rings (SSSR count). The summed E-state index contributed by atoms with van der Waals surface area (Å²) in [6, 6.07) is 0. The third-order valence-corrected chi connectivity index (χ3v) is 6.58. The van der Waals surface area contributed by atoms with Gasteiger partial charge in [0.15, 0.2) is 0 Å². The molecule has 0 bridgehead atoms. The zero-order valence-electron chi connectivity index (χ0n) is 16.0. The van der Waals surface area contributed by atoms with Crippen LogP contribution in [0.5, 0.6) is 0 Å². The van der Waals surface area contributed by atoms with E-state index in [9.17, 15) is 0 Å². The molecule has 2 saturated carbocycles. The summed E-state index contributed by atoms with van der Waals surface area (Å²) in [6.07, 6.45) is 20.5. The predicted octanol–water partition coefficient (Wildman–Crippen LogP) is 7.00. The Labute approximate surface area is 146 Å². The smallest absolute Gasteiger partial charge is 0.0494 e. The molecule has 0 heterocycles. The van der Waals surface area contributed by atoms with Crippen molar-refractivity contribution < 1.29 is 4.74 Å². The van der Waals surface area contributed by atoms with Gasteiger partial charge in [-0.1, -0.05) is 84.5 Å². The van der Waals surface area contributed by atoms with Gasteiger partial charge in [-0.25, -0.2) is 0 Å². The molecule has 0 amide bonds. The van der Waals surface area contributed by atoms with Crippen LogP contribution in [0.25, 0.3) is 0 Å². The molecule has 0 saturated heterocycles. The van der Waals surface area contributed by atoms with E-state index < -0.39 is 0 Å². The molecule has 0 aliphatic heterocycles. The van der Waals surface area contributed by atoms with Gasteiger partial charge in [0.25, 0.3) is 0 Å². The normalized spacial score (nSPS) is 32.1. The van der Waals surface area contributed by atoms with Crippen LogP contribution in [0, 0.1) is 23.7 Å². The van der Waals surface area contributed by atoms with E-state index in [0.29, 0.717) is 0 Å². The van der Waals surface area contributed by atoms with Crippen molar-refractivity contribution in [2.75, 3.05) is 13.2 Å². The van der Waals surface area contributed by atoms with Gasteiger partial charge in [0.2, 0.25) is 0 Å². The topological polar surface area (TPSA) is 9.23 Å². The lowest BCUT2D eigenvalue weighted by molar-refractivity contribution is 0.0763. The van der Waals surface area contributed by atoms with Crippen LogP contribution in [0.2, 0.25) is 0 Å². The van der Waals surface area contributed by atoms with Crippen LogP contribution < -0.4 is 0 Å². The summed E-state index contributed by atoms with van der Waals surface area (Å²) in [7, 11) is 0. The van der Waals surface area contributed by atoms with E-state index in [0.717, 1.165) is 43.3 Å². The number of ether oxygens (including phenoxy) is 1. The first-order chi connectivity index (χ1) is 11.3.